The van der Waals surface area contributed by atoms with Gasteiger partial charge in [-0.25, -0.2) is 0 Å². The maximum absolute atomic E-state index is 5.30. The van der Waals surface area contributed by atoms with Crippen molar-refractivity contribution >= 4 is 28.3 Å². The molecule has 0 bridgehead atoms. The van der Waals surface area contributed by atoms with Gasteiger partial charge in [-0.1, -0.05) is 72.5 Å². The Kier molecular flexibility index (Phi) is 5.24. The molecule has 0 saturated heterocycles. The third kappa shape index (κ3) is 4.51. The number of nitrogens with one attached hydrogen (secondary N) is 1. The zero-order valence-corrected chi connectivity index (χ0v) is 11.6. The van der Waals surface area contributed by atoms with Gasteiger partial charge in [-0.3, -0.25) is 0 Å². The molecular weight excluding hydrogens is 258 g/mol. The van der Waals surface area contributed by atoms with Crippen molar-refractivity contribution in [2.24, 2.45) is 0 Å². The Hall–Kier alpha value is -1.32. The van der Waals surface area contributed by atoms with Crippen molar-refractivity contribution in [3.63, 3.8) is 0 Å². The summed E-state index contributed by atoms with van der Waals surface area (Å²) in [4.78, 5) is 1.18. The molecule has 3 heteroatoms. The van der Waals surface area contributed by atoms with E-state index in [1.807, 2.05) is 24.3 Å². The number of benzene rings is 2. The van der Waals surface area contributed by atoms with Crippen molar-refractivity contribution in [2.45, 2.75) is 11.3 Å². The fraction of sp³-hybridized carbons (Fsp3) is 0.133. The van der Waals surface area contributed by atoms with Gasteiger partial charge in [0.25, 0.3) is 0 Å². The van der Waals surface area contributed by atoms with Crippen molar-refractivity contribution in [1.29, 1.82) is 0 Å². The van der Waals surface area contributed by atoms with Gasteiger partial charge in [0.05, 0.1) is 0 Å². The highest BCUT2D eigenvalue weighted by Crippen LogP contribution is 2.17. The first kappa shape index (κ1) is 13.1. The third-order valence-electron chi connectivity index (χ3n) is 2.48. The summed E-state index contributed by atoms with van der Waals surface area (Å²) >= 11 is 6.90. The average Bonchev–Trinajstić information content (AvgIpc) is 2.41. The molecule has 0 atom stereocenters. The lowest BCUT2D eigenvalue weighted by Gasteiger charge is -2.07. The SMILES string of the molecule is S=C(NCCc1ccccc1)Sc1ccccc1. The van der Waals surface area contributed by atoms with E-state index in [1.165, 1.54) is 10.5 Å². The molecule has 1 N–H and O–H groups in total. The van der Waals surface area contributed by atoms with E-state index in [-0.39, 0.29) is 0 Å². The summed E-state index contributed by atoms with van der Waals surface area (Å²) in [5.41, 5.74) is 1.33. The maximum atomic E-state index is 5.30. The standard InChI is InChI=1S/C15H15NS2/c17-15(18-14-9-5-2-6-10-14)16-12-11-13-7-3-1-4-8-13/h1-10H,11-12H2,(H,16,17). The second-order valence-electron chi connectivity index (χ2n) is 3.86. The molecule has 2 aromatic carbocycles. The Morgan fingerprint density at radius 1 is 0.944 bits per heavy atom. The Labute approximate surface area is 118 Å². The van der Waals surface area contributed by atoms with Crippen LogP contribution in [-0.4, -0.2) is 10.9 Å². The topological polar surface area (TPSA) is 12.0 Å². The molecule has 0 fully saturated rings. The first-order chi connectivity index (χ1) is 8.84. The van der Waals surface area contributed by atoms with Crippen molar-refractivity contribution < 1.29 is 0 Å². The monoisotopic (exact) mass is 273 g/mol. The van der Waals surface area contributed by atoms with Crippen LogP contribution in [0.1, 0.15) is 5.56 Å². The lowest BCUT2D eigenvalue weighted by Crippen LogP contribution is -2.21. The van der Waals surface area contributed by atoms with E-state index < -0.39 is 0 Å². The van der Waals surface area contributed by atoms with Gasteiger partial charge in [0, 0.05) is 11.4 Å². The van der Waals surface area contributed by atoms with Crippen LogP contribution >= 0.6 is 24.0 Å². The van der Waals surface area contributed by atoms with Crippen molar-refractivity contribution in [3.05, 3.63) is 66.2 Å². The summed E-state index contributed by atoms with van der Waals surface area (Å²) in [6.45, 7) is 0.878. The molecule has 0 unspecified atom stereocenters. The molecule has 0 heterocycles. The smallest absolute Gasteiger partial charge is 0.138 e. The molecule has 0 aromatic heterocycles. The van der Waals surface area contributed by atoms with E-state index in [1.54, 1.807) is 11.8 Å². The van der Waals surface area contributed by atoms with E-state index in [4.69, 9.17) is 12.2 Å². The molecule has 1 nitrogen and oxygen atoms in total. The van der Waals surface area contributed by atoms with Gasteiger partial charge < -0.3 is 5.32 Å². The molecule has 0 aliphatic heterocycles. The molecule has 0 amide bonds. The molecule has 92 valence electrons. The van der Waals surface area contributed by atoms with Crippen LogP contribution in [0, 0.1) is 0 Å². The molecule has 2 aromatic rings. The number of hydrogen-bond donors (Lipinski definition) is 1. The van der Waals surface area contributed by atoms with Crippen molar-refractivity contribution in [2.75, 3.05) is 6.54 Å². The van der Waals surface area contributed by atoms with E-state index >= 15 is 0 Å². The van der Waals surface area contributed by atoms with Crippen LogP contribution in [0.4, 0.5) is 0 Å². The molecule has 0 aliphatic rings. The summed E-state index contributed by atoms with van der Waals surface area (Å²) < 4.78 is 0.831. The van der Waals surface area contributed by atoms with Crippen LogP contribution < -0.4 is 5.32 Å². The van der Waals surface area contributed by atoms with Gasteiger partial charge in [-0.15, -0.1) is 0 Å². The van der Waals surface area contributed by atoms with Gasteiger partial charge >= 0.3 is 0 Å². The van der Waals surface area contributed by atoms with Gasteiger partial charge in [0.15, 0.2) is 0 Å². The molecule has 0 aliphatic carbocycles. The molecule has 18 heavy (non-hydrogen) atoms. The fourth-order valence-corrected chi connectivity index (χ4v) is 2.66. The highest BCUT2D eigenvalue weighted by molar-refractivity contribution is 8.23. The number of rotatable bonds is 4. The molecule has 2 rings (SSSR count). The second kappa shape index (κ2) is 7.19. The van der Waals surface area contributed by atoms with E-state index in [0.717, 1.165) is 17.3 Å². The van der Waals surface area contributed by atoms with Crippen LogP contribution in [0.3, 0.4) is 0 Å². The van der Waals surface area contributed by atoms with Gasteiger partial charge in [0.2, 0.25) is 0 Å². The van der Waals surface area contributed by atoms with Gasteiger partial charge in [0.1, 0.15) is 4.32 Å². The number of thiocarbonyl (C=S) groups is 1. The first-order valence-corrected chi connectivity index (χ1v) is 7.12. The lowest BCUT2D eigenvalue weighted by molar-refractivity contribution is 0.882. The highest BCUT2D eigenvalue weighted by atomic mass is 32.2. The Balaban J connectivity index is 1.73. The molecular formula is C15H15NS2. The minimum atomic E-state index is 0.831. The van der Waals surface area contributed by atoms with Crippen molar-refractivity contribution in [3.8, 4) is 0 Å². The molecule has 0 radical (unpaired) electrons. The molecule has 0 saturated carbocycles. The van der Waals surface area contributed by atoms with Gasteiger partial charge in [-0.2, -0.15) is 0 Å². The number of thioether (sulfide) groups is 1. The Morgan fingerprint density at radius 3 is 2.22 bits per heavy atom. The normalized spacial score (nSPS) is 10.0. The summed E-state index contributed by atoms with van der Waals surface area (Å²) in [6.07, 6.45) is 0.996. The van der Waals surface area contributed by atoms with Crippen molar-refractivity contribution in [1.82, 2.24) is 5.32 Å². The van der Waals surface area contributed by atoms with Gasteiger partial charge in [-0.05, 0) is 24.1 Å². The van der Waals surface area contributed by atoms with Crippen LogP contribution in [0.15, 0.2) is 65.6 Å². The second-order valence-corrected chi connectivity index (χ2v) is 5.62. The molecule has 0 spiro atoms. The van der Waals surface area contributed by atoms with Crippen LogP contribution in [0.25, 0.3) is 0 Å². The fourth-order valence-electron chi connectivity index (χ4n) is 1.59. The minimum absolute atomic E-state index is 0.831. The Bertz CT molecular complexity index is 482. The Morgan fingerprint density at radius 2 is 1.56 bits per heavy atom. The largest absolute Gasteiger partial charge is 0.370 e. The predicted octanol–water partition coefficient (Wildman–Crippen LogP) is 3.90. The summed E-state index contributed by atoms with van der Waals surface area (Å²) in [7, 11) is 0. The number of hydrogen-bond acceptors (Lipinski definition) is 2. The maximum Gasteiger partial charge on any atom is 0.138 e. The predicted molar refractivity (Wildman–Crippen MR) is 83.0 cm³/mol. The summed E-state index contributed by atoms with van der Waals surface area (Å²) in [6, 6.07) is 20.6. The zero-order chi connectivity index (χ0) is 12.6. The zero-order valence-electron chi connectivity index (χ0n) is 10.0. The van der Waals surface area contributed by atoms with E-state index in [9.17, 15) is 0 Å². The summed E-state index contributed by atoms with van der Waals surface area (Å²) in [5, 5.41) is 3.27. The van der Waals surface area contributed by atoms with Crippen LogP contribution in [0.5, 0.6) is 0 Å². The van der Waals surface area contributed by atoms with E-state index in [2.05, 4.69) is 41.7 Å². The third-order valence-corrected chi connectivity index (χ3v) is 3.71. The summed E-state index contributed by atoms with van der Waals surface area (Å²) in [5.74, 6) is 0. The minimum Gasteiger partial charge on any atom is -0.370 e. The first-order valence-electron chi connectivity index (χ1n) is 5.89. The lowest BCUT2D eigenvalue weighted by atomic mass is 10.2. The van der Waals surface area contributed by atoms with Crippen LogP contribution in [-0.2, 0) is 6.42 Å². The van der Waals surface area contributed by atoms with E-state index in [0.29, 0.717) is 0 Å². The average molecular weight is 273 g/mol. The quantitative estimate of drug-likeness (QED) is 0.670. The highest BCUT2D eigenvalue weighted by Gasteiger charge is 1.99. The van der Waals surface area contributed by atoms with Crippen LogP contribution in [0.2, 0.25) is 0 Å².